The maximum absolute atomic E-state index is 11.9. The number of nitrogens with one attached hydrogen (secondary N) is 2. The van der Waals surface area contributed by atoms with E-state index in [1.807, 2.05) is 17.1 Å². The summed E-state index contributed by atoms with van der Waals surface area (Å²) in [6.07, 6.45) is 13.2. The molecule has 168 valence electrons. The summed E-state index contributed by atoms with van der Waals surface area (Å²) in [6, 6.07) is 0.177. The van der Waals surface area contributed by atoms with Gasteiger partial charge in [-0.05, 0) is 38.7 Å². The van der Waals surface area contributed by atoms with Crippen LogP contribution in [0.5, 0.6) is 0 Å². The van der Waals surface area contributed by atoms with E-state index in [2.05, 4.69) is 28.9 Å². The van der Waals surface area contributed by atoms with E-state index in [0.717, 1.165) is 60.2 Å². The van der Waals surface area contributed by atoms with Crippen LogP contribution in [0.25, 0.3) is 16.7 Å². The molecule has 1 aliphatic carbocycles. The van der Waals surface area contributed by atoms with Crippen molar-refractivity contribution >= 4 is 32.4 Å². The number of aryl methyl sites for hydroxylation is 1. The van der Waals surface area contributed by atoms with Crippen molar-refractivity contribution in [2.24, 2.45) is 0 Å². The first kappa shape index (κ1) is 20.7. The zero-order valence-corrected chi connectivity index (χ0v) is 18.9. The van der Waals surface area contributed by atoms with Gasteiger partial charge >= 0.3 is 0 Å². The number of fused-ring (bicyclic) bond motifs is 1. The number of aromatic nitrogens is 3. The molecule has 2 aliphatic heterocycles. The SMILES string of the molecule is CCn1ncc2c(NC3CCN(S(C)(=O)=O)CC3)c(C3=CC4(CCCC4)ON3)cnc21. The Kier molecular flexibility index (Phi) is 5.18. The van der Waals surface area contributed by atoms with Gasteiger partial charge in [-0.1, -0.05) is 12.8 Å². The van der Waals surface area contributed by atoms with Crippen LogP contribution in [-0.4, -0.2) is 58.5 Å². The molecule has 2 aromatic rings. The number of anilines is 1. The Morgan fingerprint density at radius 1 is 1.26 bits per heavy atom. The molecule has 9 nitrogen and oxygen atoms in total. The lowest BCUT2D eigenvalue weighted by molar-refractivity contribution is -0.0289. The molecule has 0 aromatic carbocycles. The zero-order chi connectivity index (χ0) is 21.6. The second-order valence-corrected chi connectivity index (χ2v) is 10.8. The van der Waals surface area contributed by atoms with Crippen molar-refractivity contribution in [3.8, 4) is 0 Å². The highest BCUT2D eigenvalue weighted by Gasteiger charge is 2.39. The first-order valence-corrected chi connectivity index (χ1v) is 13.0. The van der Waals surface area contributed by atoms with Gasteiger partial charge in [0.05, 0.1) is 29.2 Å². The molecule has 0 radical (unpaired) electrons. The van der Waals surface area contributed by atoms with E-state index >= 15 is 0 Å². The molecule has 0 unspecified atom stereocenters. The third kappa shape index (κ3) is 3.81. The van der Waals surface area contributed by atoms with Crippen molar-refractivity contribution in [3.63, 3.8) is 0 Å². The Morgan fingerprint density at radius 3 is 2.68 bits per heavy atom. The largest absolute Gasteiger partial charge is 0.381 e. The molecular formula is C21H30N6O3S. The molecule has 3 aliphatic rings. The Morgan fingerprint density at radius 2 is 2.00 bits per heavy atom. The highest BCUT2D eigenvalue weighted by molar-refractivity contribution is 7.88. The van der Waals surface area contributed by atoms with Gasteiger partial charge in [-0.2, -0.15) is 5.10 Å². The fraction of sp³-hybridized carbons (Fsp3) is 0.619. The number of pyridine rings is 1. The Labute approximate surface area is 182 Å². The third-order valence-electron chi connectivity index (χ3n) is 6.75. The predicted octanol–water partition coefficient (Wildman–Crippen LogP) is 2.48. The average Bonchev–Trinajstić information content (AvgIpc) is 3.49. The summed E-state index contributed by atoms with van der Waals surface area (Å²) >= 11 is 0. The molecule has 0 atom stereocenters. The summed E-state index contributed by atoms with van der Waals surface area (Å²) in [6.45, 7) is 3.85. The van der Waals surface area contributed by atoms with E-state index in [1.165, 1.54) is 19.1 Å². The Bertz CT molecular complexity index is 1110. The van der Waals surface area contributed by atoms with Crippen LogP contribution in [0, 0.1) is 0 Å². The predicted molar refractivity (Wildman–Crippen MR) is 120 cm³/mol. The van der Waals surface area contributed by atoms with E-state index in [9.17, 15) is 8.42 Å². The molecule has 10 heteroatoms. The number of sulfonamides is 1. The highest BCUT2D eigenvalue weighted by atomic mass is 32.2. The number of nitrogens with zero attached hydrogens (tertiary/aromatic N) is 4. The summed E-state index contributed by atoms with van der Waals surface area (Å²) in [7, 11) is -3.14. The van der Waals surface area contributed by atoms with Gasteiger partial charge in [0.1, 0.15) is 5.60 Å². The van der Waals surface area contributed by atoms with Crippen LogP contribution in [0.1, 0.15) is 51.0 Å². The zero-order valence-electron chi connectivity index (χ0n) is 18.1. The van der Waals surface area contributed by atoms with Gasteiger partial charge in [0.15, 0.2) is 5.65 Å². The van der Waals surface area contributed by atoms with Crippen molar-refractivity contribution in [1.82, 2.24) is 24.5 Å². The number of hydrogen-bond acceptors (Lipinski definition) is 7. The monoisotopic (exact) mass is 446 g/mol. The normalized spacial score (nSPS) is 22.2. The van der Waals surface area contributed by atoms with Crippen LogP contribution in [0.15, 0.2) is 18.5 Å². The maximum atomic E-state index is 11.9. The number of piperidine rings is 1. The first-order chi connectivity index (χ1) is 14.9. The summed E-state index contributed by atoms with van der Waals surface area (Å²) in [5.41, 5.74) is 6.69. The van der Waals surface area contributed by atoms with Crippen LogP contribution in [0.2, 0.25) is 0 Å². The maximum Gasteiger partial charge on any atom is 0.211 e. The molecule has 0 amide bonds. The number of rotatable bonds is 5. The summed E-state index contributed by atoms with van der Waals surface area (Å²) in [4.78, 5) is 10.7. The molecule has 4 heterocycles. The molecule has 31 heavy (non-hydrogen) atoms. The summed E-state index contributed by atoms with van der Waals surface area (Å²) in [5, 5.41) is 9.18. The van der Waals surface area contributed by atoms with Gasteiger partial charge in [0.2, 0.25) is 10.0 Å². The third-order valence-corrected chi connectivity index (χ3v) is 8.05. The Hall–Kier alpha value is -2.17. The minimum absolute atomic E-state index is 0.177. The van der Waals surface area contributed by atoms with Crippen LogP contribution < -0.4 is 10.8 Å². The minimum Gasteiger partial charge on any atom is -0.381 e. The second kappa shape index (κ2) is 7.75. The molecule has 1 spiro atoms. The van der Waals surface area contributed by atoms with Gasteiger partial charge in [0, 0.05) is 37.4 Å². The van der Waals surface area contributed by atoms with Crippen molar-refractivity contribution in [1.29, 1.82) is 0 Å². The van der Waals surface area contributed by atoms with E-state index in [-0.39, 0.29) is 11.6 Å². The van der Waals surface area contributed by atoms with Crippen molar-refractivity contribution in [3.05, 3.63) is 24.0 Å². The van der Waals surface area contributed by atoms with Crippen molar-refractivity contribution in [2.45, 2.75) is 63.6 Å². The topological polar surface area (TPSA) is 101 Å². The van der Waals surface area contributed by atoms with E-state index in [1.54, 1.807) is 4.31 Å². The van der Waals surface area contributed by atoms with Crippen LogP contribution >= 0.6 is 0 Å². The average molecular weight is 447 g/mol. The lowest BCUT2D eigenvalue weighted by Crippen LogP contribution is -2.42. The van der Waals surface area contributed by atoms with Crippen molar-refractivity contribution < 1.29 is 13.3 Å². The van der Waals surface area contributed by atoms with Gasteiger partial charge < -0.3 is 5.32 Å². The molecule has 0 bridgehead atoms. The molecular weight excluding hydrogens is 416 g/mol. The smallest absolute Gasteiger partial charge is 0.211 e. The standard InChI is InChI=1S/C21H30N6O3S/c1-3-27-20-17(14-23-27)19(24-15-6-10-26(11-7-15)31(2,28)29)16(13-22-20)18-12-21(30-25-18)8-4-5-9-21/h12-15,25H,3-11H2,1-2H3,(H,22,24). The quantitative estimate of drug-likeness (QED) is 0.728. The number of hydroxylamine groups is 1. The fourth-order valence-electron chi connectivity index (χ4n) is 4.98. The fourth-order valence-corrected chi connectivity index (χ4v) is 5.86. The molecule has 2 aromatic heterocycles. The lowest BCUT2D eigenvalue weighted by atomic mass is 9.99. The summed E-state index contributed by atoms with van der Waals surface area (Å²) < 4.78 is 27.2. The molecule has 1 saturated heterocycles. The first-order valence-electron chi connectivity index (χ1n) is 11.1. The van der Waals surface area contributed by atoms with Crippen LogP contribution in [0.4, 0.5) is 5.69 Å². The van der Waals surface area contributed by atoms with Crippen LogP contribution in [0.3, 0.4) is 0 Å². The van der Waals surface area contributed by atoms with E-state index in [4.69, 9.17) is 9.82 Å². The van der Waals surface area contributed by atoms with Gasteiger partial charge in [-0.3, -0.25) is 10.3 Å². The van der Waals surface area contributed by atoms with Gasteiger partial charge in [0.25, 0.3) is 0 Å². The molecule has 2 fully saturated rings. The lowest BCUT2D eigenvalue weighted by Gasteiger charge is -2.31. The summed E-state index contributed by atoms with van der Waals surface area (Å²) in [5.74, 6) is 0. The molecule has 5 rings (SSSR count). The highest BCUT2D eigenvalue weighted by Crippen LogP contribution is 2.41. The molecule has 2 N–H and O–H groups in total. The van der Waals surface area contributed by atoms with Gasteiger partial charge in [-0.15, -0.1) is 0 Å². The van der Waals surface area contributed by atoms with E-state index < -0.39 is 10.0 Å². The second-order valence-electron chi connectivity index (χ2n) is 8.86. The van der Waals surface area contributed by atoms with Crippen LogP contribution in [-0.2, 0) is 21.4 Å². The molecule has 1 saturated carbocycles. The minimum atomic E-state index is -3.14. The van der Waals surface area contributed by atoms with Crippen molar-refractivity contribution in [2.75, 3.05) is 24.7 Å². The Balaban J connectivity index is 1.48. The van der Waals surface area contributed by atoms with Gasteiger partial charge in [-0.25, -0.2) is 22.4 Å². The number of hydrogen-bond donors (Lipinski definition) is 2. The van der Waals surface area contributed by atoms with E-state index in [0.29, 0.717) is 13.1 Å².